The monoisotopic (exact) mass is 374 g/mol. The number of nitrogens with two attached hydrogens (primary N) is 1. The zero-order valence-corrected chi connectivity index (χ0v) is 16.6. The largest absolute Gasteiger partial charge is 0.365 e. The van der Waals surface area contributed by atoms with Crippen LogP contribution < -0.4 is 11.2 Å². The molecular formula is C20H30N4O3. The summed E-state index contributed by atoms with van der Waals surface area (Å²) >= 11 is 0. The molecule has 148 valence electrons. The predicted octanol–water partition coefficient (Wildman–Crippen LogP) is 1.51. The van der Waals surface area contributed by atoms with Crippen LogP contribution >= 0.6 is 0 Å². The first kappa shape index (κ1) is 19.6. The van der Waals surface area contributed by atoms with Crippen molar-refractivity contribution in [3.8, 4) is 0 Å². The number of rotatable bonds is 5. The van der Waals surface area contributed by atoms with Crippen molar-refractivity contribution in [2.75, 3.05) is 13.1 Å². The molecule has 2 N–H and O–H groups in total. The molecule has 2 unspecified atom stereocenters. The Bertz CT molecular complexity index is 799. The molecule has 7 heteroatoms. The first-order chi connectivity index (χ1) is 12.7. The Kier molecular flexibility index (Phi) is 5.42. The summed E-state index contributed by atoms with van der Waals surface area (Å²) < 4.78 is 1.73. The number of pyridine rings is 1. The molecule has 2 atom stereocenters. The molecule has 2 amide bonds. The van der Waals surface area contributed by atoms with Crippen LogP contribution in [0.15, 0.2) is 17.1 Å². The fourth-order valence-corrected chi connectivity index (χ4v) is 4.39. The van der Waals surface area contributed by atoms with Gasteiger partial charge in [0.1, 0.15) is 17.4 Å². The number of hydrogen-bond acceptors (Lipinski definition) is 4. The Hall–Kier alpha value is -2.15. The maximum atomic E-state index is 13.3. The molecule has 1 aromatic heterocycles. The van der Waals surface area contributed by atoms with E-state index < -0.39 is 11.3 Å². The summed E-state index contributed by atoms with van der Waals surface area (Å²) in [6, 6.07) is 1.44. The van der Waals surface area contributed by atoms with Crippen molar-refractivity contribution < 1.29 is 9.59 Å². The Morgan fingerprint density at radius 1 is 1.22 bits per heavy atom. The Balaban J connectivity index is 2.04. The van der Waals surface area contributed by atoms with E-state index in [1.807, 2.05) is 4.90 Å². The maximum absolute atomic E-state index is 13.3. The van der Waals surface area contributed by atoms with Gasteiger partial charge in [0.15, 0.2) is 5.43 Å². The van der Waals surface area contributed by atoms with Crippen LogP contribution in [0.5, 0.6) is 0 Å². The molecule has 0 aromatic carbocycles. The fourth-order valence-electron chi connectivity index (χ4n) is 4.39. The van der Waals surface area contributed by atoms with E-state index in [0.29, 0.717) is 24.1 Å². The highest BCUT2D eigenvalue weighted by atomic mass is 16.2. The smallest absolute Gasteiger partial charge is 0.272 e. The van der Waals surface area contributed by atoms with Crippen molar-refractivity contribution in [1.29, 1.82) is 0 Å². The molecule has 0 radical (unpaired) electrons. The van der Waals surface area contributed by atoms with Gasteiger partial charge in [-0.2, -0.15) is 0 Å². The number of carbonyl (C=O) groups excluding carboxylic acids is 2. The number of aromatic nitrogens is 1. The average Bonchev–Trinajstić information content (AvgIpc) is 2.56. The van der Waals surface area contributed by atoms with Crippen LogP contribution in [0.25, 0.3) is 0 Å². The molecule has 0 aliphatic carbocycles. The zero-order valence-electron chi connectivity index (χ0n) is 16.6. The minimum absolute atomic E-state index is 0.0619. The van der Waals surface area contributed by atoms with E-state index in [2.05, 4.69) is 32.6 Å². The SMILES string of the molecule is CC(C)CC1CCN(CC(C)C)C2Cn3cc(C(N)=O)c(=O)cc3C(=O)N12. The number of nitrogens with zero attached hydrogens (tertiary/aromatic N) is 3. The highest BCUT2D eigenvalue weighted by Crippen LogP contribution is 2.31. The van der Waals surface area contributed by atoms with Crippen molar-refractivity contribution in [2.24, 2.45) is 17.6 Å². The molecule has 7 nitrogen and oxygen atoms in total. The van der Waals surface area contributed by atoms with E-state index >= 15 is 0 Å². The minimum Gasteiger partial charge on any atom is -0.365 e. The first-order valence-corrected chi connectivity index (χ1v) is 9.80. The molecule has 27 heavy (non-hydrogen) atoms. The molecule has 1 saturated heterocycles. The van der Waals surface area contributed by atoms with Crippen LogP contribution in [0.1, 0.15) is 61.4 Å². The Labute approximate surface area is 160 Å². The standard InChI is InChI=1S/C20H30N4O3/c1-12(2)7-14-5-6-22(9-13(3)4)18-11-23-10-15(19(21)26)17(25)8-16(23)20(27)24(14)18/h8,10,12-14,18H,5-7,9,11H2,1-4H3,(H2,21,26). The second-order valence-electron chi connectivity index (χ2n) is 8.61. The van der Waals surface area contributed by atoms with Gasteiger partial charge in [-0.05, 0) is 24.7 Å². The van der Waals surface area contributed by atoms with Crippen LogP contribution in [0.4, 0.5) is 0 Å². The molecule has 3 heterocycles. The van der Waals surface area contributed by atoms with Crippen LogP contribution in [0.2, 0.25) is 0 Å². The Morgan fingerprint density at radius 3 is 2.52 bits per heavy atom. The van der Waals surface area contributed by atoms with Crippen LogP contribution in [-0.2, 0) is 6.54 Å². The number of primary amides is 1. The third kappa shape index (κ3) is 3.78. The van der Waals surface area contributed by atoms with Crippen molar-refractivity contribution in [3.63, 3.8) is 0 Å². The van der Waals surface area contributed by atoms with E-state index in [1.54, 1.807) is 4.57 Å². The van der Waals surface area contributed by atoms with Crippen molar-refractivity contribution in [1.82, 2.24) is 14.4 Å². The molecule has 0 spiro atoms. The van der Waals surface area contributed by atoms with Crippen molar-refractivity contribution >= 4 is 11.8 Å². The quantitative estimate of drug-likeness (QED) is 0.846. The lowest BCUT2D eigenvalue weighted by Gasteiger charge is -2.52. The summed E-state index contributed by atoms with van der Waals surface area (Å²) in [5.41, 5.74) is 5.12. The van der Waals surface area contributed by atoms with E-state index in [9.17, 15) is 14.4 Å². The molecule has 1 aromatic rings. The van der Waals surface area contributed by atoms with Gasteiger partial charge in [0, 0.05) is 31.4 Å². The molecular weight excluding hydrogens is 344 g/mol. The summed E-state index contributed by atoms with van der Waals surface area (Å²) in [6.07, 6.45) is 3.28. The van der Waals surface area contributed by atoms with Gasteiger partial charge in [0.25, 0.3) is 11.8 Å². The molecule has 1 fully saturated rings. The summed E-state index contributed by atoms with van der Waals surface area (Å²) in [5.74, 6) is 0.0886. The fraction of sp³-hybridized carbons (Fsp3) is 0.650. The number of carbonyl (C=O) groups is 2. The molecule has 0 saturated carbocycles. The maximum Gasteiger partial charge on any atom is 0.272 e. The lowest BCUT2D eigenvalue weighted by molar-refractivity contribution is -0.0446. The van der Waals surface area contributed by atoms with Crippen molar-refractivity contribution in [3.05, 3.63) is 33.7 Å². The van der Waals surface area contributed by atoms with Gasteiger partial charge in [0.2, 0.25) is 0 Å². The number of fused-ring (bicyclic) bond motifs is 2. The third-order valence-corrected chi connectivity index (χ3v) is 5.44. The van der Waals surface area contributed by atoms with Gasteiger partial charge in [-0.25, -0.2) is 0 Å². The molecule has 2 aliphatic heterocycles. The van der Waals surface area contributed by atoms with Crippen LogP contribution in [0, 0.1) is 11.8 Å². The summed E-state index contributed by atoms with van der Waals surface area (Å²) in [4.78, 5) is 41.4. The number of hydrogen-bond donors (Lipinski definition) is 1. The molecule has 2 aliphatic rings. The highest BCUT2D eigenvalue weighted by Gasteiger charge is 2.43. The van der Waals surface area contributed by atoms with Crippen LogP contribution in [0.3, 0.4) is 0 Å². The zero-order chi connectivity index (χ0) is 19.9. The lowest BCUT2D eigenvalue weighted by Crippen LogP contribution is -2.64. The third-order valence-electron chi connectivity index (χ3n) is 5.44. The first-order valence-electron chi connectivity index (χ1n) is 9.80. The van der Waals surface area contributed by atoms with E-state index in [0.717, 1.165) is 25.9 Å². The van der Waals surface area contributed by atoms with Gasteiger partial charge in [0.05, 0.1) is 6.54 Å². The highest BCUT2D eigenvalue weighted by molar-refractivity contribution is 5.96. The lowest BCUT2D eigenvalue weighted by atomic mass is 9.94. The minimum atomic E-state index is -0.759. The van der Waals surface area contributed by atoms with Crippen molar-refractivity contribution in [2.45, 2.75) is 59.3 Å². The van der Waals surface area contributed by atoms with Gasteiger partial charge in [-0.15, -0.1) is 0 Å². The van der Waals surface area contributed by atoms with E-state index in [1.165, 1.54) is 12.3 Å². The van der Waals surface area contributed by atoms with E-state index in [-0.39, 0.29) is 23.7 Å². The second-order valence-corrected chi connectivity index (χ2v) is 8.61. The second kappa shape index (κ2) is 7.46. The predicted molar refractivity (Wildman–Crippen MR) is 103 cm³/mol. The van der Waals surface area contributed by atoms with E-state index in [4.69, 9.17) is 5.73 Å². The normalized spacial score (nSPS) is 22.9. The van der Waals surface area contributed by atoms with Gasteiger partial charge in [-0.1, -0.05) is 27.7 Å². The summed E-state index contributed by atoms with van der Waals surface area (Å²) in [5, 5.41) is 0. The molecule has 3 rings (SSSR count). The number of amides is 2. The van der Waals surface area contributed by atoms with Crippen LogP contribution in [-0.4, -0.2) is 51.5 Å². The van der Waals surface area contributed by atoms with Gasteiger partial charge < -0.3 is 15.2 Å². The van der Waals surface area contributed by atoms with Gasteiger partial charge in [-0.3, -0.25) is 19.3 Å². The molecule has 0 bridgehead atoms. The van der Waals surface area contributed by atoms with Gasteiger partial charge >= 0.3 is 0 Å². The average molecular weight is 374 g/mol. The summed E-state index contributed by atoms with van der Waals surface area (Å²) in [7, 11) is 0. The summed E-state index contributed by atoms with van der Waals surface area (Å²) in [6.45, 7) is 11.1. The Morgan fingerprint density at radius 2 is 1.93 bits per heavy atom. The topological polar surface area (TPSA) is 88.6 Å².